The molecule has 1 N–H and O–H groups in total. The topological polar surface area (TPSA) is 49.4 Å². The molecule has 20 heavy (non-hydrogen) atoms. The molecule has 0 atom stereocenters. The van der Waals surface area contributed by atoms with Gasteiger partial charge in [0.2, 0.25) is 0 Å². The first-order valence-corrected chi connectivity index (χ1v) is 8.75. The summed E-state index contributed by atoms with van der Waals surface area (Å²) in [7, 11) is -3.47. The molecule has 1 aromatic heterocycles. The predicted octanol–water partition coefficient (Wildman–Crippen LogP) is 2.53. The molecule has 0 amide bonds. The molecule has 0 aliphatic carbocycles. The van der Waals surface area contributed by atoms with Gasteiger partial charge >= 0.3 is 0 Å². The summed E-state index contributed by atoms with van der Waals surface area (Å²) in [5.41, 5.74) is 1.01. The van der Waals surface area contributed by atoms with Gasteiger partial charge in [0.15, 0.2) is 0 Å². The first-order valence-electron chi connectivity index (χ1n) is 6.49. The fourth-order valence-corrected chi connectivity index (χ4v) is 4.81. The van der Waals surface area contributed by atoms with Gasteiger partial charge in [-0.1, -0.05) is 19.1 Å². The predicted molar refractivity (Wildman–Crippen MR) is 85.6 cm³/mol. The Labute approximate surface area is 125 Å². The Kier molecular flexibility index (Phi) is 6.61. The quantitative estimate of drug-likeness (QED) is 0.713. The minimum atomic E-state index is -3.47. The third-order valence-corrected chi connectivity index (χ3v) is 6.31. The van der Waals surface area contributed by atoms with Gasteiger partial charge in [0.1, 0.15) is 4.21 Å². The minimum absolute atomic E-state index is 0.286. The molecular formula is C14H22N2O2S2. The van der Waals surface area contributed by atoms with Gasteiger partial charge in [0, 0.05) is 24.5 Å². The van der Waals surface area contributed by atoms with Crippen LogP contribution in [0.3, 0.4) is 0 Å². The molecule has 1 heterocycles. The van der Waals surface area contributed by atoms with Crippen LogP contribution in [0.2, 0.25) is 0 Å². The van der Waals surface area contributed by atoms with Gasteiger partial charge in [-0.05, 0) is 25.1 Å². The zero-order chi connectivity index (χ0) is 15.2. The standard InChI is InChI=1S/C14H22N2O2S2/c1-5-8-16(9-6-2)20(17,18)14-10-12(4)13(19-14)11-15-7-3/h5-6,10,15H,1-2,7-9,11H2,3-4H3. The molecule has 0 aliphatic rings. The van der Waals surface area contributed by atoms with E-state index >= 15 is 0 Å². The van der Waals surface area contributed by atoms with Crippen LogP contribution >= 0.6 is 11.3 Å². The van der Waals surface area contributed by atoms with Gasteiger partial charge in [0.05, 0.1) is 0 Å². The van der Waals surface area contributed by atoms with Crippen molar-refractivity contribution in [1.29, 1.82) is 0 Å². The van der Waals surface area contributed by atoms with Crippen molar-refractivity contribution in [3.63, 3.8) is 0 Å². The highest BCUT2D eigenvalue weighted by Gasteiger charge is 2.25. The van der Waals surface area contributed by atoms with E-state index in [0.29, 0.717) is 10.8 Å². The van der Waals surface area contributed by atoms with Crippen LogP contribution in [0.5, 0.6) is 0 Å². The smallest absolute Gasteiger partial charge is 0.253 e. The van der Waals surface area contributed by atoms with E-state index in [1.54, 1.807) is 18.2 Å². The number of rotatable bonds is 9. The van der Waals surface area contributed by atoms with Gasteiger partial charge in [-0.15, -0.1) is 24.5 Å². The monoisotopic (exact) mass is 314 g/mol. The van der Waals surface area contributed by atoms with E-state index in [2.05, 4.69) is 18.5 Å². The molecule has 0 fully saturated rings. The average Bonchev–Trinajstić information content (AvgIpc) is 2.78. The van der Waals surface area contributed by atoms with E-state index < -0.39 is 10.0 Å². The molecule has 0 aromatic carbocycles. The lowest BCUT2D eigenvalue weighted by atomic mass is 10.3. The molecule has 1 rings (SSSR count). The zero-order valence-corrected chi connectivity index (χ0v) is 13.7. The van der Waals surface area contributed by atoms with E-state index in [-0.39, 0.29) is 13.1 Å². The zero-order valence-electron chi connectivity index (χ0n) is 12.1. The largest absolute Gasteiger partial charge is 0.312 e. The van der Waals surface area contributed by atoms with Crippen LogP contribution in [-0.4, -0.2) is 32.4 Å². The molecule has 0 saturated heterocycles. The van der Waals surface area contributed by atoms with Gasteiger partial charge in [-0.2, -0.15) is 4.31 Å². The molecule has 0 saturated carbocycles. The van der Waals surface area contributed by atoms with E-state index in [0.717, 1.165) is 17.0 Å². The molecule has 0 spiro atoms. The third-order valence-electron chi connectivity index (χ3n) is 2.79. The maximum atomic E-state index is 12.6. The Morgan fingerprint density at radius 2 is 1.95 bits per heavy atom. The Hall–Kier alpha value is -0.950. The number of nitrogens with zero attached hydrogens (tertiary/aromatic N) is 1. The van der Waals surface area contributed by atoms with Crippen molar-refractivity contribution in [2.75, 3.05) is 19.6 Å². The summed E-state index contributed by atoms with van der Waals surface area (Å²) in [4.78, 5) is 1.06. The summed E-state index contributed by atoms with van der Waals surface area (Å²) in [6.07, 6.45) is 3.17. The lowest BCUT2D eigenvalue weighted by Gasteiger charge is -2.17. The van der Waals surface area contributed by atoms with Crippen LogP contribution in [0.25, 0.3) is 0 Å². The Morgan fingerprint density at radius 1 is 1.35 bits per heavy atom. The van der Waals surface area contributed by atoms with Crippen molar-refractivity contribution in [2.45, 2.75) is 24.6 Å². The molecule has 0 aliphatic heterocycles. The summed E-state index contributed by atoms with van der Waals surface area (Å²) >= 11 is 1.33. The summed E-state index contributed by atoms with van der Waals surface area (Å²) in [5.74, 6) is 0. The fourth-order valence-electron chi connectivity index (χ4n) is 1.72. The van der Waals surface area contributed by atoms with Crippen molar-refractivity contribution in [3.05, 3.63) is 41.8 Å². The van der Waals surface area contributed by atoms with Crippen molar-refractivity contribution >= 4 is 21.4 Å². The highest BCUT2D eigenvalue weighted by molar-refractivity contribution is 7.91. The summed E-state index contributed by atoms with van der Waals surface area (Å²) in [5, 5.41) is 3.22. The van der Waals surface area contributed by atoms with Crippen molar-refractivity contribution in [1.82, 2.24) is 9.62 Å². The molecule has 112 valence electrons. The Morgan fingerprint density at radius 3 is 2.45 bits per heavy atom. The van der Waals surface area contributed by atoms with Gasteiger partial charge in [0.25, 0.3) is 10.0 Å². The van der Waals surface area contributed by atoms with Crippen LogP contribution in [0.1, 0.15) is 17.4 Å². The van der Waals surface area contributed by atoms with E-state index in [1.165, 1.54) is 15.6 Å². The van der Waals surface area contributed by atoms with Crippen molar-refractivity contribution in [2.24, 2.45) is 0 Å². The third kappa shape index (κ3) is 4.02. The van der Waals surface area contributed by atoms with E-state index in [9.17, 15) is 8.42 Å². The average molecular weight is 314 g/mol. The van der Waals surface area contributed by atoms with E-state index in [4.69, 9.17) is 0 Å². The van der Waals surface area contributed by atoms with Crippen LogP contribution in [-0.2, 0) is 16.6 Å². The van der Waals surface area contributed by atoms with Crippen LogP contribution in [0.15, 0.2) is 35.6 Å². The second kappa shape index (κ2) is 7.73. The Bertz CT molecular complexity index is 552. The second-order valence-electron chi connectivity index (χ2n) is 4.35. The molecule has 0 radical (unpaired) electrons. The molecule has 0 unspecified atom stereocenters. The lowest BCUT2D eigenvalue weighted by molar-refractivity contribution is 0.476. The number of nitrogens with one attached hydrogen (secondary N) is 1. The number of hydrogen-bond donors (Lipinski definition) is 1. The first kappa shape index (κ1) is 17.1. The fraction of sp³-hybridized carbons (Fsp3) is 0.429. The molecule has 1 aromatic rings. The normalized spacial score (nSPS) is 11.8. The van der Waals surface area contributed by atoms with Crippen LogP contribution < -0.4 is 5.32 Å². The number of aryl methyl sites for hydroxylation is 1. The SMILES string of the molecule is C=CCN(CC=C)S(=O)(=O)c1cc(C)c(CNCC)s1. The van der Waals surface area contributed by atoms with Crippen LogP contribution in [0, 0.1) is 6.92 Å². The second-order valence-corrected chi connectivity index (χ2v) is 7.65. The molecule has 4 nitrogen and oxygen atoms in total. The number of thiophene rings is 1. The number of hydrogen-bond acceptors (Lipinski definition) is 4. The maximum absolute atomic E-state index is 12.6. The van der Waals surface area contributed by atoms with Gasteiger partial charge < -0.3 is 5.32 Å². The first-order chi connectivity index (χ1) is 9.47. The minimum Gasteiger partial charge on any atom is -0.312 e. The van der Waals surface area contributed by atoms with Crippen molar-refractivity contribution in [3.8, 4) is 0 Å². The molecular weight excluding hydrogens is 292 g/mol. The maximum Gasteiger partial charge on any atom is 0.253 e. The van der Waals surface area contributed by atoms with Gasteiger partial charge in [-0.25, -0.2) is 8.42 Å². The summed E-state index contributed by atoms with van der Waals surface area (Å²) in [6, 6.07) is 1.74. The lowest BCUT2D eigenvalue weighted by Crippen LogP contribution is -2.30. The van der Waals surface area contributed by atoms with Crippen molar-refractivity contribution < 1.29 is 8.42 Å². The summed E-state index contributed by atoms with van der Waals surface area (Å²) in [6.45, 7) is 13.3. The highest BCUT2D eigenvalue weighted by Crippen LogP contribution is 2.28. The van der Waals surface area contributed by atoms with Crippen LogP contribution in [0.4, 0.5) is 0 Å². The van der Waals surface area contributed by atoms with E-state index in [1.807, 2.05) is 13.8 Å². The van der Waals surface area contributed by atoms with Gasteiger partial charge in [-0.3, -0.25) is 0 Å². The molecule has 6 heteroatoms. The highest BCUT2D eigenvalue weighted by atomic mass is 32.2. The summed E-state index contributed by atoms with van der Waals surface area (Å²) < 4.78 is 26.9. The molecule has 0 bridgehead atoms. The number of sulfonamides is 1. The Balaban J connectivity index is 3.07.